The summed E-state index contributed by atoms with van der Waals surface area (Å²) in [5.41, 5.74) is 8.22. The number of hydrogen-bond acceptors (Lipinski definition) is 6. The lowest BCUT2D eigenvalue weighted by atomic mass is 9.88. The van der Waals surface area contributed by atoms with Gasteiger partial charge in [-0.05, 0) is 37.0 Å². The minimum atomic E-state index is 0.255. The third-order valence-corrected chi connectivity index (χ3v) is 4.66. The van der Waals surface area contributed by atoms with Crippen LogP contribution in [0.5, 0.6) is 0 Å². The molecule has 2 aliphatic carbocycles. The second kappa shape index (κ2) is 4.85. The fraction of sp³-hybridized carbons (Fsp3) is 0.692. The SMILES string of the molecule is CN(CC1CC2CCC1C2)c1cc(NN)nc(N)n1. The molecule has 19 heavy (non-hydrogen) atoms. The van der Waals surface area contributed by atoms with Crippen LogP contribution in [0.15, 0.2) is 6.07 Å². The lowest BCUT2D eigenvalue weighted by Gasteiger charge is -2.28. The van der Waals surface area contributed by atoms with E-state index in [0.29, 0.717) is 5.82 Å². The number of rotatable bonds is 4. The predicted molar refractivity (Wildman–Crippen MR) is 76.5 cm³/mol. The van der Waals surface area contributed by atoms with Crippen molar-refractivity contribution in [2.24, 2.45) is 23.6 Å². The monoisotopic (exact) mass is 262 g/mol. The minimum Gasteiger partial charge on any atom is -0.368 e. The number of hydrazine groups is 1. The molecule has 2 saturated carbocycles. The molecule has 6 heteroatoms. The summed E-state index contributed by atoms with van der Waals surface area (Å²) in [6.45, 7) is 1.04. The van der Waals surface area contributed by atoms with Gasteiger partial charge < -0.3 is 16.1 Å². The van der Waals surface area contributed by atoms with E-state index in [1.165, 1.54) is 25.7 Å². The molecule has 104 valence electrons. The van der Waals surface area contributed by atoms with Crippen LogP contribution >= 0.6 is 0 Å². The molecule has 0 amide bonds. The molecule has 3 atom stereocenters. The highest BCUT2D eigenvalue weighted by atomic mass is 15.3. The average molecular weight is 262 g/mol. The van der Waals surface area contributed by atoms with Gasteiger partial charge >= 0.3 is 0 Å². The number of nitrogens with one attached hydrogen (secondary N) is 1. The molecule has 1 heterocycles. The van der Waals surface area contributed by atoms with Crippen molar-refractivity contribution in [2.75, 3.05) is 29.7 Å². The molecular weight excluding hydrogens is 240 g/mol. The van der Waals surface area contributed by atoms with Gasteiger partial charge in [0.2, 0.25) is 5.95 Å². The first-order valence-electron chi connectivity index (χ1n) is 6.98. The molecule has 3 rings (SSSR count). The maximum absolute atomic E-state index is 5.70. The van der Waals surface area contributed by atoms with Crippen LogP contribution < -0.4 is 21.9 Å². The van der Waals surface area contributed by atoms with Crippen LogP contribution in [-0.2, 0) is 0 Å². The Kier molecular flexibility index (Phi) is 3.18. The van der Waals surface area contributed by atoms with Crippen LogP contribution in [0.1, 0.15) is 25.7 Å². The van der Waals surface area contributed by atoms with Crippen molar-refractivity contribution < 1.29 is 0 Å². The van der Waals surface area contributed by atoms with Crippen molar-refractivity contribution in [1.82, 2.24) is 9.97 Å². The number of fused-ring (bicyclic) bond motifs is 2. The molecule has 1 aromatic heterocycles. The van der Waals surface area contributed by atoms with E-state index in [1.54, 1.807) is 0 Å². The molecule has 0 radical (unpaired) electrons. The van der Waals surface area contributed by atoms with E-state index in [-0.39, 0.29) is 5.95 Å². The van der Waals surface area contributed by atoms with Gasteiger partial charge in [0.25, 0.3) is 0 Å². The normalized spacial score (nSPS) is 28.6. The maximum atomic E-state index is 5.70. The van der Waals surface area contributed by atoms with Gasteiger partial charge in [0.15, 0.2) is 0 Å². The zero-order chi connectivity index (χ0) is 13.4. The van der Waals surface area contributed by atoms with Crippen molar-refractivity contribution in [3.05, 3.63) is 6.07 Å². The van der Waals surface area contributed by atoms with Crippen molar-refractivity contribution >= 4 is 17.6 Å². The summed E-state index contributed by atoms with van der Waals surface area (Å²) in [5, 5.41) is 0. The Morgan fingerprint density at radius 2 is 2.21 bits per heavy atom. The topological polar surface area (TPSA) is 93.1 Å². The molecule has 0 aliphatic heterocycles. The zero-order valence-corrected chi connectivity index (χ0v) is 11.3. The highest BCUT2D eigenvalue weighted by molar-refractivity contribution is 5.51. The molecule has 3 unspecified atom stereocenters. The van der Waals surface area contributed by atoms with Gasteiger partial charge in [-0.2, -0.15) is 9.97 Å². The van der Waals surface area contributed by atoms with Gasteiger partial charge in [0.05, 0.1) is 0 Å². The van der Waals surface area contributed by atoms with Crippen LogP contribution in [0, 0.1) is 17.8 Å². The highest BCUT2D eigenvalue weighted by Crippen LogP contribution is 2.48. The van der Waals surface area contributed by atoms with Crippen LogP contribution in [0.2, 0.25) is 0 Å². The summed E-state index contributed by atoms with van der Waals surface area (Å²) < 4.78 is 0. The number of hydrogen-bond donors (Lipinski definition) is 3. The second-order valence-electron chi connectivity index (χ2n) is 5.93. The summed E-state index contributed by atoms with van der Waals surface area (Å²) in [7, 11) is 2.06. The molecule has 0 aromatic carbocycles. The van der Waals surface area contributed by atoms with E-state index in [2.05, 4.69) is 27.3 Å². The van der Waals surface area contributed by atoms with E-state index < -0.39 is 0 Å². The first-order chi connectivity index (χ1) is 9.15. The van der Waals surface area contributed by atoms with E-state index >= 15 is 0 Å². The third kappa shape index (κ3) is 2.45. The number of nitrogens with two attached hydrogens (primary N) is 2. The van der Waals surface area contributed by atoms with Gasteiger partial charge in [-0.3, -0.25) is 0 Å². The Balaban J connectivity index is 1.70. The largest absolute Gasteiger partial charge is 0.368 e. The summed E-state index contributed by atoms with van der Waals surface area (Å²) in [5.74, 6) is 9.72. The molecule has 5 N–H and O–H groups in total. The fourth-order valence-electron chi connectivity index (χ4n) is 3.77. The molecule has 2 bridgehead atoms. The quantitative estimate of drug-likeness (QED) is 0.558. The first-order valence-corrected chi connectivity index (χ1v) is 6.98. The second-order valence-corrected chi connectivity index (χ2v) is 5.93. The van der Waals surface area contributed by atoms with Crippen LogP contribution in [0.25, 0.3) is 0 Å². The van der Waals surface area contributed by atoms with Crippen LogP contribution in [-0.4, -0.2) is 23.6 Å². The fourth-order valence-corrected chi connectivity index (χ4v) is 3.77. The van der Waals surface area contributed by atoms with E-state index in [0.717, 1.165) is 30.1 Å². The summed E-state index contributed by atoms with van der Waals surface area (Å²) in [6, 6.07) is 1.84. The Bertz CT molecular complexity index is 462. The lowest BCUT2D eigenvalue weighted by Crippen LogP contribution is -2.29. The molecule has 0 saturated heterocycles. The molecule has 0 spiro atoms. The zero-order valence-electron chi connectivity index (χ0n) is 11.3. The van der Waals surface area contributed by atoms with Crippen LogP contribution in [0.3, 0.4) is 0 Å². The van der Waals surface area contributed by atoms with Gasteiger partial charge in [0, 0.05) is 19.7 Å². The lowest BCUT2D eigenvalue weighted by molar-refractivity contribution is 0.337. The van der Waals surface area contributed by atoms with Crippen LogP contribution in [0.4, 0.5) is 17.6 Å². The molecular formula is C13H22N6. The number of nitrogen functional groups attached to an aromatic ring is 2. The Hall–Kier alpha value is -1.56. The highest BCUT2D eigenvalue weighted by Gasteiger charge is 2.39. The average Bonchev–Trinajstić information content (AvgIpc) is 3.00. The van der Waals surface area contributed by atoms with Crippen molar-refractivity contribution in [2.45, 2.75) is 25.7 Å². The summed E-state index contributed by atoms with van der Waals surface area (Å²) in [6.07, 6.45) is 5.65. The smallest absolute Gasteiger partial charge is 0.223 e. The molecule has 1 aromatic rings. The van der Waals surface area contributed by atoms with E-state index in [1.807, 2.05) is 6.07 Å². The van der Waals surface area contributed by atoms with E-state index in [9.17, 15) is 0 Å². The number of aromatic nitrogens is 2. The number of anilines is 3. The van der Waals surface area contributed by atoms with Gasteiger partial charge in [-0.15, -0.1) is 0 Å². The summed E-state index contributed by atoms with van der Waals surface area (Å²) in [4.78, 5) is 10.5. The Morgan fingerprint density at radius 3 is 2.84 bits per heavy atom. The Morgan fingerprint density at radius 1 is 1.37 bits per heavy atom. The minimum absolute atomic E-state index is 0.255. The van der Waals surface area contributed by atoms with Gasteiger partial charge in [0.1, 0.15) is 11.6 Å². The first kappa shape index (κ1) is 12.5. The van der Waals surface area contributed by atoms with Crippen molar-refractivity contribution in [3.63, 3.8) is 0 Å². The maximum Gasteiger partial charge on any atom is 0.223 e. The molecule has 2 fully saturated rings. The standard InChI is InChI=1S/C13H22N6/c1-19(7-10-5-8-2-3-9(10)4-8)12-6-11(18-15)16-13(14)17-12/h6,8-10H,2-5,7,15H2,1H3,(H3,14,16,17,18). The van der Waals surface area contributed by atoms with Crippen molar-refractivity contribution in [1.29, 1.82) is 0 Å². The van der Waals surface area contributed by atoms with E-state index in [4.69, 9.17) is 11.6 Å². The predicted octanol–water partition coefficient (Wildman–Crippen LogP) is 1.22. The molecule has 6 nitrogen and oxygen atoms in total. The number of nitrogens with zero attached hydrogens (tertiary/aromatic N) is 3. The van der Waals surface area contributed by atoms with Crippen molar-refractivity contribution in [3.8, 4) is 0 Å². The van der Waals surface area contributed by atoms with Gasteiger partial charge in [-0.1, -0.05) is 6.42 Å². The van der Waals surface area contributed by atoms with Gasteiger partial charge in [-0.25, -0.2) is 5.84 Å². The Labute approximate surface area is 113 Å². The molecule has 2 aliphatic rings. The third-order valence-electron chi connectivity index (χ3n) is 4.66. The summed E-state index contributed by atoms with van der Waals surface area (Å²) >= 11 is 0.